The van der Waals surface area contributed by atoms with Crippen molar-refractivity contribution < 1.29 is 23.4 Å². The number of β-amino-alcohol motifs (C(OH)–C–C–N with tert-alkyl or cyclic N) is 1. The second-order valence-electron chi connectivity index (χ2n) is 7.96. The van der Waals surface area contributed by atoms with Gasteiger partial charge in [-0.15, -0.1) is 0 Å². The summed E-state index contributed by atoms with van der Waals surface area (Å²) in [6, 6.07) is 6.46. The van der Waals surface area contributed by atoms with Crippen LogP contribution in [0.2, 0.25) is 0 Å². The number of nitrogens with zero attached hydrogens (tertiary/aromatic N) is 1. The van der Waals surface area contributed by atoms with E-state index in [2.05, 4.69) is 10.6 Å². The molecule has 2 saturated heterocycles. The van der Waals surface area contributed by atoms with Gasteiger partial charge in [-0.2, -0.15) is 0 Å². The average molecular weight is 533 g/mol. The first-order valence-corrected chi connectivity index (χ1v) is 10.9. The summed E-state index contributed by atoms with van der Waals surface area (Å²) in [6.07, 6.45) is 1.67. The summed E-state index contributed by atoms with van der Waals surface area (Å²) < 4.78 is 43.4. The summed E-state index contributed by atoms with van der Waals surface area (Å²) in [5.74, 6) is -2.92. The number of anilines is 2. The number of likely N-dealkylation sites (tertiary alicyclic amines) is 1. The highest BCUT2D eigenvalue weighted by Crippen LogP contribution is 2.38. The Hall–Kier alpha value is -1.40. The van der Waals surface area contributed by atoms with E-state index in [1.54, 1.807) is 11.0 Å². The lowest BCUT2D eigenvalue weighted by Crippen LogP contribution is -2.71. The third-order valence-electron chi connectivity index (χ3n) is 5.85. The molecule has 9 heteroatoms. The zero-order valence-electron chi connectivity index (χ0n) is 16.1. The lowest BCUT2D eigenvalue weighted by atomic mass is 9.81. The fraction of sp³-hybridized carbons (Fsp3) is 0.429. The second-order valence-corrected chi connectivity index (χ2v) is 9.21. The van der Waals surface area contributed by atoms with Gasteiger partial charge in [-0.1, -0.05) is 6.42 Å². The minimum absolute atomic E-state index is 0.0279. The smallest absolute Gasteiger partial charge is 0.182 e. The highest BCUT2D eigenvalue weighted by Gasteiger charge is 2.50. The maximum atomic E-state index is 14.6. The molecule has 1 unspecified atom stereocenters. The van der Waals surface area contributed by atoms with Crippen LogP contribution in [0, 0.1) is 21.0 Å². The van der Waals surface area contributed by atoms with Crippen molar-refractivity contribution in [1.82, 2.24) is 10.2 Å². The van der Waals surface area contributed by atoms with Gasteiger partial charge in [0.2, 0.25) is 0 Å². The van der Waals surface area contributed by atoms with Crippen molar-refractivity contribution in [3.8, 4) is 0 Å². The Kier molecular flexibility index (Phi) is 6.27. The molecule has 2 aliphatic heterocycles. The van der Waals surface area contributed by atoms with Gasteiger partial charge in [0.15, 0.2) is 11.6 Å². The molecular formula is C21H23F3IN3O2. The molecule has 30 heavy (non-hydrogen) atoms. The number of piperidine rings is 1. The highest BCUT2D eigenvalue weighted by molar-refractivity contribution is 14.1. The van der Waals surface area contributed by atoms with Crippen LogP contribution in [0.15, 0.2) is 30.3 Å². The molecule has 2 heterocycles. The molecule has 0 aliphatic carbocycles. The van der Waals surface area contributed by atoms with Crippen molar-refractivity contribution in [1.29, 1.82) is 0 Å². The largest absolute Gasteiger partial charge is 0.386 e. The van der Waals surface area contributed by atoms with Crippen molar-refractivity contribution in [3.63, 3.8) is 0 Å². The van der Waals surface area contributed by atoms with Crippen molar-refractivity contribution in [2.24, 2.45) is 0 Å². The van der Waals surface area contributed by atoms with Crippen LogP contribution in [0.5, 0.6) is 0 Å². The van der Waals surface area contributed by atoms with Crippen LogP contribution in [-0.2, 0) is 0 Å². The number of nitrogens with one attached hydrogen (secondary N) is 2. The van der Waals surface area contributed by atoms with Gasteiger partial charge < -0.3 is 20.8 Å². The molecule has 2 aromatic rings. The Morgan fingerprint density at radius 3 is 2.57 bits per heavy atom. The Balaban J connectivity index is 1.56. The van der Waals surface area contributed by atoms with Crippen LogP contribution in [-0.4, -0.2) is 46.4 Å². The van der Waals surface area contributed by atoms with Crippen molar-refractivity contribution in [2.75, 3.05) is 25.0 Å². The van der Waals surface area contributed by atoms with E-state index in [0.717, 1.165) is 31.9 Å². The number of aliphatic hydroxyl groups excluding tert-OH is 1. The molecule has 4 rings (SSSR count). The summed E-state index contributed by atoms with van der Waals surface area (Å²) in [7, 11) is 0. The van der Waals surface area contributed by atoms with Crippen LogP contribution in [0.3, 0.4) is 0 Å². The Labute approximate surface area is 186 Å². The van der Waals surface area contributed by atoms with Gasteiger partial charge in [-0.05, 0) is 72.3 Å². The van der Waals surface area contributed by atoms with Gasteiger partial charge in [0.1, 0.15) is 17.6 Å². The summed E-state index contributed by atoms with van der Waals surface area (Å²) in [5, 5.41) is 27.6. The van der Waals surface area contributed by atoms with Crippen molar-refractivity contribution in [2.45, 2.75) is 37.1 Å². The molecule has 0 spiro atoms. The SMILES string of the molecule is OC(c1ccc(F)c(F)c1Nc1ccc(I)cc1F)N1CC(O)([C@@H]2CCCCN2)C1. The zero-order chi connectivity index (χ0) is 21.5. The van der Waals surface area contributed by atoms with Gasteiger partial charge >= 0.3 is 0 Å². The van der Waals surface area contributed by atoms with E-state index in [0.29, 0.717) is 3.57 Å². The number of hydrogen-bond acceptors (Lipinski definition) is 5. The maximum absolute atomic E-state index is 14.6. The monoisotopic (exact) mass is 533 g/mol. The van der Waals surface area contributed by atoms with Crippen LogP contribution in [0.1, 0.15) is 31.1 Å². The minimum atomic E-state index is -1.28. The van der Waals surface area contributed by atoms with E-state index in [4.69, 9.17) is 0 Å². The van der Waals surface area contributed by atoms with E-state index in [1.807, 2.05) is 22.6 Å². The lowest BCUT2D eigenvalue weighted by molar-refractivity contribution is -0.179. The lowest BCUT2D eigenvalue weighted by Gasteiger charge is -2.53. The van der Waals surface area contributed by atoms with Gasteiger partial charge in [0.05, 0.1) is 11.4 Å². The van der Waals surface area contributed by atoms with Crippen molar-refractivity contribution >= 4 is 34.0 Å². The molecule has 2 atom stereocenters. The number of halogens is 4. The number of benzene rings is 2. The Morgan fingerprint density at radius 2 is 1.90 bits per heavy atom. The van der Waals surface area contributed by atoms with Gasteiger partial charge in [0, 0.05) is 28.3 Å². The fourth-order valence-corrected chi connectivity index (χ4v) is 4.64. The molecule has 0 radical (unpaired) electrons. The normalized spacial score (nSPS) is 22.4. The number of rotatable bonds is 5. The van der Waals surface area contributed by atoms with Gasteiger partial charge in [0.25, 0.3) is 0 Å². The first-order valence-electron chi connectivity index (χ1n) is 9.86. The summed E-state index contributed by atoms with van der Waals surface area (Å²) >= 11 is 1.95. The maximum Gasteiger partial charge on any atom is 0.182 e. The predicted octanol–water partition coefficient (Wildman–Crippen LogP) is 3.63. The molecule has 0 amide bonds. The Morgan fingerprint density at radius 1 is 1.13 bits per heavy atom. The molecule has 4 N–H and O–H groups in total. The minimum Gasteiger partial charge on any atom is -0.386 e. The van der Waals surface area contributed by atoms with Gasteiger partial charge in [-0.25, -0.2) is 13.2 Å². The summed E-state index contributed by atoms with van der Waals surface area (Å²) in [6.45, 7) is 1.23. The first-order chi connectivity index (χ1) is 14.3. The fourth-order valence-electron chi connectivity index (χ4n) is 4.19. The standard InChI is InChI=1S/C21H23F3IN3O2/c22-14-6-5-13(19(18(14)24)27-16-7-4-12(25)9-15(16)23)20(29)28-10-21(30,11-28)17-3-1-2-8-26-17/h4-7,9,17,20,26-27,29-30H,1-3,8,10-11H2/t17-,20?/m0/s1. The summed E-state index contributed by atoms with van der Waals surface area (Å²) in [5.41, 5.74) is -1.25. The van der Waals surface area contributed by atoms with E-state index >= 15 is 0 Å². The second kappa shape index (κ2) is 8.62. The Bertz CT molecular complexity index is 934. The number of aliphatic hydroxyl groups is 2. The molecular weight excluding hydrogens is 510 g/mol. The molecule has 2 aromatic carbocycles. The summed E-state index contributed by atoms with van der Waals surface area (Å²) in [4.78, 5) is 1.58. The van der Waals surface area contributed by atoms with E-state index in [-0.39, 0.29) is 36.1 Å². The molecule has 162 valence electrons. The van der Waals surface area contributed by atoms with Crippen LogP contribution >= 0.6 is 22.6 Å². The molecule has 2 aliphatic rings. The van der Waals surface area contributed by atoms with Crippen molar-refractivity contribution in [3.05, 3.63) is 56.9 Å². The van der Waals surface area contributed by atoms with Gasteiger partial charge in [-0.3, -0.25) is 4.90 Å². The number of hydrogen-bond donors (Lipinski definition) is 4. The third-order valence-corrected chi connectivity index (χ3v) is 6.53. The van der Waals surface area contributed by atoms with E-state index < -0.39 is 29.3 Å². The van der Waals surface area contributed by atoms with Crippen LogP contribution in [0.4, 0.5) is 24.5 Å². The van der Waals surface area contributed by atoms with E-state index in [9.17, 15) is 23.4 Å². The predicted molar refractivity (Wildman–Crippen MR) is 116 cm³/mol. The first kappa shape index (κ1) is 21.8. The molecule has 0 aromatic heterocycles. The van der Waals surface area contributed by atoms with Crippen LogP contribution in [0.25, 0.3) is 0 Å². The zero-order valence-corrected chi connectivity index (χ0v) is 18.3. The highest BCUT2D eigenvalue weighted by atomic mass is 127. The molecule has 5 nitrogen and oxygen atoms in total. The molecule has 0 bridgehead atoms. The van der Waals surface area contributed by atoms with E-state index in [1.165, 1.54) is 18.2 Å². The molecule has 0 saturated carbocycles. The average Bonchev–Trinajstić information content (AvgIpc) is 2.71. The quantitative estimate of drug-likeness (QED) is 0.443. The topological polar surface area (TPSA) is 67.8 Å². The molecule has 2 fully saturated rings. The van der Waals surface area contributed by atoms with Crippen LogP contribution < -0.4 is 10.6 Å². The third kappa shape index (κ3) is 4.18.